The normalized spacial score (nSPS) is 25.6. The van der Waals surface area contributed by atoms with Gasteiger partial charge in [-0.15, -0.1) is 23.1 Å². The summed E-state index contributed by atoms with van der Waals surface area (Å²) in [5.74, 6) is -2.12. The smallest absolute Gasteiger partial charge is 0.352 e. The largest absolute Gasteiger partial charge is 0.477 e. The Hall–Kier alpha value is -3.43. The number of carbonyl (C=O) groups is 4. The summed E-state index contributed by atoms with van der Waals surface area (Å²) in [4.78, 5) is 57.8. The molecular formula is C23H27N7O6S2. The highest BCUT2D eigenvalue weighted by atomic mass is 32.2. The molecule has 6 N–H and O–H groups in total. The molecule has 0 unspecified atom stereocenters. The molecule has 0 spiro atoms. The minimum Gasteiger partial charge on any atom is -0.477 e. The van der Waals surface area contributed by atoms with Gasteiger partial charge in [0.15, 0.2) is 10.8 Å². The van der Waals surface area contributed by atoms with Crippen molar-refractivity contribution in [3.8, 4) is 0 Å². The monoisotopic (exact) mass is 561 g/mol. The number of piperidine rings is 1. The second-order valence-corrected chi connectivity index (χ2v) is 11.4. The van der Waals surface area contributed by atoms with Crippen molar-refractivity contribution in [2.75, 3.05) is 37.7 Å². The number of allylic oxidation sites excluding steroid dienone is 1. The zero-order chi connectivity index (χ0) is 27.0. The molecule has 5 heterocycles. The number of nitrogens with one attached hydrogen (secondary N) is 2. The number of aliphatic carboxylic acids is 1. The van der Waals surface area contributed by atoms with Gasteiger partial charge in [-0.05, 0) is 49.9 Å². The number of oxime groups is 1. The molecule has 4 aliphatic rings. The summed E-state index contributed by atoms with van der Waals surface area (Å²) >= 11 is 2.34. The Morgan fingerprint density at radius 2 is 2.08 bits per heavy atom. The molecule has 3 fully saturated rings. The van der Waals surface area contributed by atoms with Crippen LogP contribution < -0.4 is 16.4 Å². The number of nitrogen functional groups attached to an aromatic ring is 1. The standard InChI is InChI=1S/C23H27N7O6S2/c24-23-26-14(10-38-23)15(28-36)18(31)27-16-20(33)30-17(22(34)35)13(9-37-21(16)30)7-12-3-6-29(19(12)32)8-11-1-4-25-5-2-11/h7,10-11,16,21,25,36H,1-6,8-9H2,(H2,24,26)(H,27,31)(H,34,35)/t16-,21-/m1/s1. The Balaban J connectivity index is 1.29. The molecule has 5 rings (SSSR count). The number of hydrogen-bond donors (Lipinski definition) is 5. The molecule has 0 aromatic carbocycles. The molecular weight excluding hydrogens is 534 g/mol. The Labute approximate surface area is 225 Å². The van der Waals surface area contributed by atoms with Crippen LogP contribution in [0.5, 0.6) is 0 Å². The van der Waals surface area contributed by atoms with E-state index in [9.17, 15) is 29.5 Å². The number of nitrogens with two attached hydrogens (primary N) is 1. The third kappa shape index (κ3) is 4.88. The van der Waals surface area contributed by atoms with Crippen molar-refractivity contribution in [3.05, 3.63) is 34.0 Å². The number of carbonyl (C=O) groups excluding carboxylic acids is 3. The maximum atomic E-state index is 13.0. The summed E-state index contributed by atoms with van der Waals surface area (Å²) < 4.78 is 0. The van der Waals surface area contributed by atoms with Gasteiger partial charge in [-0.3, -0.25) is 19.3 Å². The molecule has 1 aromatic rings. The number of carboxylic acid groups (broad SMARTS) is 1. The van der Waals surface area contributed by atoms with Crippen molar-refractivity contribution in [2.45, 2.75) is 30.7 Å². The van der Waals surface area contributed by atoms with E-state index in [4.69, 9.17) is 5.73 Å². The van der Waals surface area contributed by atoms with E-state index in [1.54, 1.807) is 6.08 Å². The predicted molar refractivity (Wildman–Crippen MR) is 139 cm³/mol. The highest BCUT2D eigenvalue weighted by Gasteiger charge is 2.54. The lowest BCUT2D eigenvalue weighted by Crippen LogP contribution is -2.71. The first-order chi connectivity index (χ1) is 18.3. The molecule has 38 heavy (non-hydrogen) atoms. The molecule has 0 radical (unpaired) electrons. The maximum absolute atomic E-state index is 13.0. The minimum absolute atomic E-state index is 0.0582. The van der Waals surface area contributed by atoms with Crippen LogP contribution in [0.25, 0.3) is 0 Å². The summed E-state index contributed by atoms with van der Waals surface area (Å²) in [6, 6.07) is -1.02. The number of thioether (sulfide) groups is 1. The van der Waals surface area contributed by atoms with Gasteiger partial charge < -0.3 is 31.6 Å². The molecule has 1 aromatic heterocycles. The number of fused-ring (bicyclic) bond motifs is 1. The van der Waals surface area contributed by atoms with Gasteiger partial charge in [0.2, 0.25) is 5.91 Å². The van der Waals surface area contributed by atoms with E-state index in [2.05, 4.69) is 20.8 Å². The zero-order valence-corrected chi connectivity index (χ0v) is 21.9. The van der Waals surface area contributed by atoms with Crippen molar-refractivity contribution in [1.82, 2.24) is 25.4 Å². The minimum atomic E-state index is -1.28. The van der Waals surface area contributed by atoms with Crippen LogP contribution in [0.4, 0.5) is 5.13 Å². The molecule has 0 saturated carbocycles. The van der Waals surface area contributed by atoms with Gasteiger partial charge in [0.1, 0.15) is 22.8 Å². The Morgan fingerprint density at radius 3 is 2.74 bits per heavy atom. The average molecular weight is 562 g/mol. The number of likely N-dealkylation sites (tertiary alicyclic amines) is 1. The highest BCUT2D eigenvalue weighted by Crippen LogP contribution is 2.41. The van der Waals surface area contributed by atoms with Gasteiger partial charge in [-0.25, -0.2) is 9.78 Å². The molecule has 4 aliphatic heterocycles. The van der Waals surface area contributed by atoms with Crippen LogP contribution in [-0.2, 0) is 19.2 Å². The summed E-state index contributed by atoms with van der Waals surface area (Å²) in [5, 5.41) is 29.0. The fourth-order valence-corrected chi connectivity index (χ4v) is 6.99. The van der Waals surface area contributed by atoms with Gasteiger partial charge in [-0.2, -0.15) is 0 Å². The van der Waals surface area contributed by atoms with E-state index in [-0.39, 0.29) is 28.2 Å². The topological polar surface area (TPSA) is 191 Å². The molecule has 0 aliphatic carbocycles. The third-order valence-electron chi connectivity index (χ3n) is 7.07. The lowest BCUT2D eigenvalue weighted by molar-refractivity contribution is -0.150. The van der Waals surface area contributed by atoms with E-state index < -0.39 is 34.9 Å². The van der Waals surface area contributed by atoms with Crippen LogP contribution in [0.15, 0.2) is 33.5 Å². The van der Waals surface area contributed by atoms with E-state index >= 15 is 0 Å². The van der Waals surface area contributed by atoms with Gasteiger partial charge in [0.25, 0.3) is 11.8 Å². The average Bonchev–Trinajstić information content (AvgIpc) is 3.48. The van der Waals surface area contributed by atoms with Crippen LogP contribution in [0, 0.1) is 5.92 Å². The summed E-state index contributed by atoms with van der Waals surface area (Å²) in [7, 11) is 0. The van der Waals surface area contributed by atoms with Crippen LogP contribution in [-0.4, -0.2) is 97.8 Å². The van der Waals surface area contributed by atoms with Crippen LogP contribution in [0.1, 0.15) is 25.0 Å². The number of rotatable bonds is 7. The first-order valence-corrected chi connectivity index (χ1v) is 14.1. The second-order valence-electron chi connectivity index (χ2n) is 9.42. The fraction of sp³-hybridized carbons (Fsp3) is 0.478. The predicted octanol–water partition coefficient (Wildman–Crippen LogP) is -0.199. The Kier molecular flexibility index (Phi) is 7.40. The van der Waals surface area contributed by atoms with Crippen molar-refractivity contribution < 1.29 is 29.5 Å². The highest BCUT2D eigenvalue weighted by molar-refractivity contribution is 8.00. The van der Waals surface area contributed by atoms with Gasteiger partial charge >= 0.3 is 5.97 Å². The van der Waals surface area contributed by atoms with Crippen molar-refractivity contribution >= 4 is 57.6 Å². The lowest BCUT2D eigenvalue weighted by Gasteiger charge is -2.49. The van der Waals surface area contributed by atoms with E-state index in [0.717, 1.165) is 42.2 Å². The van der Waals surface area contributed by atoms with Gasteiger partial charge in [-0.1, -0.05) is 5.16 Å². The number of nitrogens with zero attached hydrogens (tertiary/aromatic N) is 4. The number of carboxylic acids is 1. The van der Waals surface area contributed by atoms with Crippen LogP contribution >= 0.6 is 23.1 Å². The SMILES string of the molecule is Nc1nc(C(=NO)C(=O)N[C@@H]2C(=O)N3C(C(=O)O)=C(C=C4CCN(CC5CCNCC5)C4=O)CS[C@H]23)cs1. The fourth-order valence-electron chi connectivity index (χ4n) is 5.13. The maximum Gasteiger partial charge on any atom is 0.352 e. The number of anilines is 1. The van der Waals surface area contributed by atoms with Crippen molar-refractivity contribution in [2.24, 2.45) is 11.1 Å². The molecule has 3 saturated heterocycles. The van der Waals surface area contributed by atoms with E-state index in [1.807, 2.05) is 4.90 Å². The van der Waals surface area contributed by atoms with Crippen LogP contribution in [0.3, 0.4) is 0 Å². The van der Waals surface area contributed by atoms with Gasteiger partial charge in [0, 0.05) is 29.8 Å². The summed E-state index contributed by atoms with van der Waals surface area (Å²) in [5.41, 5.74) is 5.97. The molecule has 202 valence electrons. The summed E-state index contributed by atoms with van der Waals surface area (Å²) in [6.07, 6.45) is 4.17. The molecule has 0 bridgehead atoms. The Morgan fingerprint density at radius 1 is 1.32 bits per heavy atom. The molecule has 3 amide bonds. The Bertz CT molecular complexity index is 1270. The number of β-lactam (4-membered cyclic amide) rings is 1. The number of aromatic nitrogens is 1. The van der Waals surface area contributed by atoms with Crippen molar-refractivity contribution in [1.29, 1.82) is 0 Å². The number of amides is 3. The van der Waals surface area contributed by atoms with E-state index in [0.29, 0.717) is 36.6 Å². The molecule has 13 nitrogen and oxygen atoms in total. The number of thiazole rings is 1. The molecule has 15 heteroatoms. The number of hydrogen-bond acceptors (Lipinski definition) is 11. The first-order valence-electron chi connectivity index (χ1n) is 12.1. The van der Waals surface area contributed by atoms with Gasteiger partial charge in [0.05, 0.1) is 0 Å². The third-order valence-corrected chi connectivity index (χ3v) is 9.04. The zero-order valence-electron chi connectivity index (χ0n) is 20.3. The van der Waals surface area contributed by atoms with Crippen LogP contribution in [0.2, 0.25) is 0 Å². The summed E-state index contributed by atoms with van der Waals surface area (Å²) in [6.45, 7) is 3.18. The molecule has 2 atom stereocenters. The lowest BCUT2D eigenvalue weighted by atomic mass is 9.97. The van der Waals surface area contributed by atoms with Crippen molar-refractivity contribution in [3.63, 3.8) is 0 Å². The first kappa shape index (κ1) is 26.2. The quantitative estimate of drug-likeness (QED) is 0.0979. The van der Waals surface area contributed by atoms with E-state index in [1.165, 1.54) is 17.1 Å². The second kappa shape index (κ2) is 10.7.